The van der Waals surface area contributed by atoms with Crippen LogP contribution < -0.4 is 0 Å². The molecule has 0 radical (unpaired) electrons. The molecular formula is C85H110O42S6. The molecule has 42 nitrogen and oxygen atoms in total. The van der Waals surface area contributed by atoms with Gasteiger partial charge < -0.3 is 56.8 Å². The zero-order chi connectivity index (χ0) is 98.6. The van der Waals surface area contributed by atoms with E-state index in [4.69, 9.17) is 81.9 Å². The highest BCUT2D eigenvalue weighted by molar-refractivity contribution is 7.89. The molecule has 0 aromatic rings. The molecule has 0 aromatic carbocycles. The third-order valence-corrected chi connectivity index (χ3v) is 41.5. The van der Waals surface area contributed by atoms with Gasteiger partial charge in [0.15, 0.2) is 39.6 Å². The maximum atomic E-state index is 12.4. The third kappa shape index (κ3) is 18.2. The first kappa shape index (κ1) is 102. The zero-order valence-corrected chi connectivity index (χ0v) is 80.1. The molecule has 6 aliphatic heterocycles. The molecule has 0 N–H and O–H groups in total. The highest BCUT2D eigenvalue weighted by atomic mass is 32.2. The van der Waals surface area contributed by atoms with Crippen LogP contribution in [0, 0.1) is 81.3 Å². The van der Waals surface area contributed by atoms with Gasteiger partial charge >= 0.3 is 71.6 Å². The molecule has 48 heteroatoms. The first-order chi connectivity index (χ1) is 61.4. The lowest BCUT2D eigenvalue weighted by atomic mass is 9.65. The molecule has 738 valence electrons. The summed E-state index contributed by atoms with van der Waals surface area (Å²) in [5.41, 5.74) is -3.76. The Morgan fingerprint density at radius 1 is 0.391 bits per heavy atom. The van der Waals surface area contributed by atoms with Crippen molar-refractivity contribution in [2.45, 2.75) is 257 Å². The number of rotatable bonds is 24. The smallest absolute Gasteiger partial charge is 0.344 e. The summed E-state index contributed by atoms with van der Waals surface area (Å²) in [6.45, 7) is 39.1. The lowest BCUT2D eigenvalue weighted by molar-refractivity contribution is -0.206. The van der Waals surface area contributed by atoms with Crippen molar-refractivity contribution in [3.05, 3.63) is 73.4 Å². The van der Waals surface area contributed by atoms with E-state index in [-0.39, 0.29) is 93.0 Å². The molecule has 32 atom stereocenters. The van der Waals surface area contributed by atoms with Crippen molar-refractivity contribution in [2.75, 3.05) is 39.6 Å². The Morgan fingerprint density at radius 2 is 0.842 bits per heavy atom. The number of hydrogen-bond donors (Lipinski definition) is 0. The average molecular weight is 2000 g/mol. The zero-order valence-electron chi connectivity index (χ0n) is 75.2. The van der Waals surface area contributed by atoms with Crippen molar-refractivity contribution in [3.8, 4) is 0 Å². The minimum atomic E-state index is -3.69. The van der Waals surface area contributed by atoms with Gasteiger partial charge in [-0.3, -0.25) is 25.1 Å². The fraction of sp³-hybridized carbons (Fsp3) is 0.718. The Balaban J connectivity index is 0.000000136. The summed E-state index contributed by atoms with van der Waals surface area (Å²) >= 11 is 0. The SMILES string of the molecule is C=C(C)C(=O)OCC(=O)OC1C2CC3C(C)(C2)C1OS3(=O)=O.C=C(C)C(=O)OCC(=O)OC1C2CC3C(C2)S(=O)(=O)OC31C.C=C(C)C(=O)OCC(=O)OC1C2CC3C1OS(=O)(=O)C3C2.C=C(C)C(=O)OCC(=O)OC1C2CC3C1OS(=O)(=O)C3C2C.C=C(C)C(=O)OCC(=O)OC1C2OS(=O)(=O)C3CC1(C)CC23.C=CC(=O)OCC(=O)OC1(C)C2(C)CC3C(C2C)C1(C)OS3(=O)=O. The van der Waals surface area contributed by atoms with Crippen molar-refractivity contribution in [2.24, 2.45) is 81.3 Å². The van der Waals surface area contributed by atoms with Gasteiger partial charge in [0, 0.05) is 103 Å². The molecule has 18 fully saturated rings. The highest BCUT2D eigenvalue weighted by Gasteiger charge is 2.85. The minimum Gasteiger partial charge on any atom is -0.457 e. The molecule has 18 rings (SSSR count). The average Bonchev–Trinajstić information content (AvgIpc) is 1.47. The Morgan fingerprint density at radius 3 is 1.36 bits per heavy atom. The predicted molar refractivity (Wildman–Crippen MR) is 449 cm³/mol. The molecular weight excluding hydrogens is 1890 g/mol. The molecule has 32 unspecified atom stereocenters. The highest BCUT2D eigenvalue weighted by Crippen LogP contribution is 2.75. The van der Waals surface area contributed by atoms with Gasteiger partial charge in [0.05, 0.1) is 31.5 Å². The van der Waals surface area contributed by atoms with Crippen LogP contribution in [-0.2, 0) is 200 Å². The summed E-state index contributed by atoms with van der Waals surface area (Å²) in [5, 5.41) is -2.99. The van der Waals surface area contributed by atoms with Gasteiger partial charge in [-0.1, -0.05) is 74.1 Å². The molecule has 12 bridgehead atoms. The molecule has 133 heavy (non-hydrogen) atoms. The van der Waals surface area contributed by atoms with Crippen LogP contribution in [0.25, 0.3) is 0 Å². The molecule has 0 amide bonds. The quantitative estimate of drug-likeness (QED) is 0.0578. The van der Waals surface area contributed by atoms with Gasteiger partial charge in [0.1, 0.15) is 71.7 Å². The maximum Gasteiger partial charge on any atom is 0.344 e. The van der Waals surface area contributed by atoms with E-state index in [1.54, 1.807) is 20.8 Å². The van der Waals surface area contributed by atoms with Gasteiger partial charge in [0.25, 0.3) is 60.7 Å². The fourth-order valence-electron chi connectivity index (χ4n) is 24.3. The first-order valence-corrected chi connectivity index (χ1v) is 51.9. The molecule has 6 heterocycles. The van der Waals surface area contributed by atoms with Crippen LogP contribution in [0.2, 0.25) is 0 Å². The number of hydrogen-bond acceptors (Lipinski definition) is 42. The van der Waals surface area contributed by atoms with Gasteiger partial charge in [-0.2, -0.15) is 50.5 Å². The van der Waals surface area contributed by atoms with Crippen LogP contribution in [0.5, 0.6) is 0 Å². The van der Waals surface area contributed by atoms with E-state index in [2.05, 4.69) is 39.5 Å². The first-order valence-electron chi connectivity index (χ1n) is 43.1. The summed E-state index contributed by atoms with van der Waals surface area (Å²) in [5.74, 6) is -9.22. The summed E-state index contributed by atoms with van der Waals surface area (Å²) in [4.78, 5) is 138. The molecule has 6 saturated heterocycles. The summed E-state index contributed by atoms with van der Waals surface area (Å²) in [6.07, 6.45) is 1.03. The van der Waals surface area contributed by atoms with Gasteiger partial charge in [0.2, 0.25) is 0 Å². The number of esters is 12. The van der Waals surface area contributed by atoms with Gasteiger partial charge in [-0.05, 0) is 131 Å². The number of ether oxygens (including phenoxy) is 12. The number of carbonyl (C=O) groups excluding carboxylic acids is 12. The number of fused-ring (bicyclic) bond motifs is 6. The fourth-order valence-corrected chi connectivity index (χ4v) is 36.8. The van der Waals surface area contributed by atoms with Crippen molar-refractivity contribution < 1.29 is 190 Å². The normalized spacial score (nSPS) is 41.4. The van der Waals surface area contributed by atoms with Crippen LogP contribution in [0.4, 0.5) is 0 Å². The Kier molecular flexibility index (Phi) is 27.5. The van der Waals surface area contributed by atoms with Crippen LogP contribution >= 0.6 is 0 Å². The summed E-state index contributed by atoms with van der Waals surface area (Å²) < 4.78 is 236. The van der Waals surface area contributed by atoms with Gasteiger partial charge in [-0.25, -0.2) is 57.5 Å². The molecule has 0 aromatic heterocycles. The van der Waals surface area contributed by atoms with E-state index in [1.165, 1.54) is 34.6 Å². The van der Waals surface area contributed by atoms with Crippen LogP contribution in [0.1, 0.15) is 154 Å². The Labute approximate surface area is 769 Å². The Bertz CT molecular complexity index is 5580. The van der Waals surface area contributed by atoms with Crippen LogP contribution in [0.3, 0.4) is 0 Å². The molecule has 12 aliphatic carbocycles. The van der Waals surface area contributed by atoms with E-state index in [9.17, 15) is 108 Å². The largest absolute Gasteiger partial charge is 0.457 e. The van der Waals surface area contributed by atoms with Crippen molar-refractivity contribution in [1.82, 2.24) is 0 Å². The van der Waals surface area contributed by atoms with Crippen LogP contribution in [0.15, 0.2) is 73.4 Å². The summed E-state index contributed by atoms with van der Waals surface area (Å²) in [6, 6.07) is 0. The van der Waals surface area contributed by atoms with Crippen molar-refractivity contribution in [1.29, 1.82) is 0 Å². The molecule has 0 spiro atoms. The number of carbonyl (C=O) groups is 12. The van der Waals surface area contributed by atoms with Crippen LogP contribution in [-0.4, -0.2) is 265 Å². The van der Waals surface area contributed by atoms with E-state index in [1.807, 2.05) is 34.6 Å². The minimum absolute atomic E-state index is 0.00284. The van der Waals surface area contributed by atoms with Crippen molar-refractivity contribution >= 4 is 132 Å². The lowest BCUT2D eigenvalue weighted by Gasteiger charge is -2.48. The van der Waals surface area contributed by atoms with E-state index in [0.717, 1.165) is 6.08 Å². The molecule has 12 saturated carbocycles. The third-order valence-electron chi connectivity index (χ3n) is 30.5. The second-order valence-corrected chi connectivity index (χ2v) is 49.6. The van der Waals surface area contributed by atoms with E-state index < -0.39 is 291 Å². The van der Waals surface area contributed by atoms with Gasteiger partial charge in [-0.15, -0.1) is 0 Å². The topological polar surface area (TPSA) is 576 Å². The standard InChI is InChI=1S/C16H22O7S.4C14H18O7S.C13H16O7S/c1-6-11(17)21-8-12(18)22-16(5)14(3)7-10-13(9(14)2)15(16,4)23-24(10,19)20;1-7(2)13(16)19-6-10(15)20-12-11-8-4-14(12,3)5-9(8)22(17,18)21-11;1-7(2)13(16)19-6-10(15)20-11-8-4-9-14(3,5-8)12(11)21-22(9,17)18;1-7(2)13(16)19-6-11(15)20-12-8-4-9-10(5-8)22(17,18)21-14(9,12)3;1-6(2)14(16)19-5-10(15)20-11-8-4-9-12(11)21-22(17,18)13(9)7(8)3;1-6(2)13(15)18-5-10(14)19-11-7-3-8-9(4-7)21(16,17)20-12(8)11/h6,9-10,13H,1,7-8H2,2-5H3;2*8-9,11-12H,1,4-6H2,2-3H3;8-10,12H,1,4-6H2,2-3H3;7-9,11-13H,1,4-5H2,2-3H3;7-9,11-12H,1,3-5H2,2H3. The second kappa shape index (κ2) is 35.8. The lowest BCUT2D eigenvalue weighted by Crippen LogP contribution is -2.60. The Hall–Kier alpha value is -8.46. The summed E-state index contributed by atoms with van der Waals surface area (Å²) in [7, 11) is -21.5. The maximum absolute atomic E-state index is 12.4. The second-order valence-electron chi connectivity index (χ2n) is 39.0. The monoisotopic (exact) mass is 1990 g/mol. The van der Waals surface area contributed by atoms with E-state index in [0.29, 0.717) is 64.2 Å². The predicted octanol–water partition coefficient (Wildman–Crippen LogP) is 3.37. The molecule has 18 aliphatic rings. The van der Waals surface area contributed by atoms with E-state index >= 15 is 0 Å². The van der Waals surface area contributed by atoms with Crippen molar-refractivity contribution in [3.63, 3.8) is 0 Å².